The summed E-state index contributed by atoms with van der Waals surface area (Å²) in [6, 6.07) is 5.88. The first kappa shape index (κ1) is 10.3. The van der Waals surface area contributed by atoms with Crippen LogP contribution in [0.5, 0.6) is 5.75 Å². The Morgan fingerprint density at radius 3 is 3.07 bits per heavy atom. The summed E-state index contributed by atoms with van der Waals surface area (Å²) in [7, 11) is 1.69. The molecule has 1 unspecified atom stereocenters. The van der Waals surface area contributed by atoms with Crippen LogP contribution in [0.2, 0.25) is 0 Å². The van der Waals surface area contributed by atoms with Crippen molar-refractivity contribution in [3.8, 4) is 5.75 Å². The van der Waals surface area contributed by atoms with Gasteiger partial charge in [0.2, 0.25) is 0 Å². The second-order valence-electron chi connectivity index (χ2n) is 4.13. The number of hydrogen-bond acceptors (Lipinski definition) is 3. The van der Waals surface area contributed by atoms with Crippen LogP contribution in [0.1, 0.15) is 12.0 Å². The summed E-state index contributed by atoms with van der Waals surface area (Å²) >= 11 is 0. The molecule has 2 rings (SSSR count). The van der Waals surface area contributed by atoms with Crippen molar-refractivity contribution in [2.75, 3.05) is 25.9 Å². The van der Waals surface area contributed by atoms with E-state index < -0.39 is 0 Å². The Morgan fingerprint density at radius 1 is 1.53 bits per heavy atom. The van der Waals surface area contributed by atoms with Crippen molar-refractivity contribution in [2.45, 2.75) is 12.8 Å². The van der Waals surface area contributed by atoms with Crippen molar-refractivity contribution in [2.24, 2.45) is 5.92 Å². The van der Waals surface area contributed by atoms with Gasteiger partial charge in [-0.3, -0.25) is 0 Å². The monoisotopic (exact) mass is 206 g/mol. The van der Waals surface area contributed by atoms with Crippen molar-refractivity contribution in [1.29, 1.82) is 0 Å². The van der Waals surface area contributed by atoms with E-state index in [1.54, 1.807) is 7.11 Å². The Labute approximate surface area is 90.6 Å². The molecular weight excluding hydrogens is 188 g/mol. The summed E-state index contributed by atoms with van der Waals surface area (Å²) < 4.78 is 5.20. The van der Waals surface area contributed by atoms with Gasteiger partial charge in [0.1, 0.15) is 5.75 Å². The highest BCUT2D eigenvalue weighted by molar-refractivity contribution is 5.50. The molecule has 3 heteroatoms. The van der Waals surface area contributed by atoms with Crippen LogP contribution in [-0.4, -0.2) is 20.2 Å². The van der Waals surface area contributed by atoms with E-state index >= 15 is 0 Å². The van der Waals surface area contributed by atoms with Gasteiger partial charge in [0.15, 0.2) is 0 Å². The average Bonchev–Trinajstić information content (AvgIpc) is 2.74. The van der Waals surface area contributed by atoms with Crippen LogP contribution >= 0.6 is 0 Å². The number of nitrogen functional groups attached to an aromatic ring is 1. The Kier molecular flexibility index (Phi) is 3.11. The molecule has 0 amide bonds. The molecule has 3 nitrogen and oxygen atoms in total. The van der Waals surface area contributed by atoms with Crippen molar-refractivity contribution < 1.29 is 4.74 Å². The zero-order chi connectivity index (χ0) is 10.7. The lowest BCUT2D eigenvalue weighted by Gasteiger charge is -2.12. The van der Waals surface area contributed by atoms with Gasteiger partial charge in [-0.2, -0.15) is 0 Å². The first-order valence-corrected chi connectivity index (χ1v) is 5.42. The molecule has 0 radical (unpaired) electrons. The van der Waals surface area contributed by atoms with E-state index in [1.165, 1.54) is 12.0 Å². The maximum Gasteiger partial charge on any atom is 0.119 e. The van der Waals surface area contributed by atoms with Gasteiger partial charge in [0, 0.05) is 5.69 Å². The number of nitrogens with two attached hydrogens (primary N) is 1. The summed E-state index contributed by atoms with van der Waals surface area (Å²) in [5, 5.41) is 3.37. The summed E-state index contributed by atoms with van der Waals surface area (Å²) in [5.74, 6) is 1.62. The molecule has 1 fully saturated rings. The van der Waals surface area contributed by atoms with E-state index in [2.05, 4.69) is 5.32 Å². The van der Waals surface area contributed by atoms with Gasteiger partial charge in [-0.25, -0.2) is 0 Å². The van der Waals surface area contributed by atoms with Gasteiger partial charge in [0.25, 0.3) is 0 Å². The molecule has 0 spiro atoms. The smallest absolute Gasteiger partial charge is 0.119 e. The van der Waals surface area contributed by atoms with E-state index in [1.807, 2.05) is 18.2 Å². The lowest BCUT2D eigenvalue weighted by molar-refractivity contribution is 0.414. The second kappa shape index (κ2) is 4.53. The number of benzene rings is 1. The molecule has 1 aromatic rings. The number of ether oxygens (including phenoxy) is 1. The Morgan fingerprint density at radius 2 is 2.40 bits per heavy atom. The highest BCUT2D eigenvalue weighted by Crippen LogP contribution is 2.24. The predicted molar refractivity (Wildman–Crippen MR) is 62.1 cm³/mol. The van der Waals surface area contributed by atoms with E-state index in [0.29, 0.717) is 0 Å². The number of rotatable bonds is 3. The number of methoxy groups -OCH3 is 1. The van der Waals surface area contributed by atoms with Crippen LogP contribution in [0, 0.1) is 5.92 Å². The molecule has 0 aromatic heterocycles. The lowest BCUT2D eigenvalue weighted by Crippen LogP contribution is -2.11. The number of anilines is 1. The highest BCUT2D eigenvalue weighted by Gasteiger charge is 2.16. The van der Waals surface area contributed by atoms with Crippen molar-refractivity contribution in [1.82, 2.24) is 5.32 Å². The standard InChI is InChI=1S/C12H18N2O/c1-15-11-2-3-12(13)10(7-11)6-9-4-5-14-8-9/h2-3,7,9,14H,4-6,8,13H2,1H3. The minimum atomic E-state index is 0.722. The molecule has 0 bridgehead atoms. The Hall–Kier alpha value is -1.22. The lowest BCUT2D eigenvalue weighted by atomic mass is 9.97. The fourth-order valence-corrected chi connectivity index (χ4v) is 2.09. The van der Waals surface area contributed by atoms with Gasteiger partial charge in [-0.15, -0.1) is 0 Å². The summed E-state index contributed by atoms with van der Waals surface area (Å²) in [6.45, 7) is 2.24. The zero-order valence-electron chi connectivity index (χ0n) is 9.12. The maximum absolute atomic E-state index is 5.95. The van der Waals surface area contributed by atoms with Crippen LogP contribution in [0.3, 0.4) is 0 Å². The normalized spacial score (nSPS) is 20.5. The molecule has 0 aliphatic carbocycles. The third-order valence-corrected chi connectivity index (χ3v) is 3.02. The fourth-order valence-electron chi connectivity index (χ4n) is 2.09. The molecule has 15 heavy (non-hydrogen) atoms. The summed E-state index contributed by atoms with van der Waals surface area (Å²) in [5.41, 5.74) is 8.03. The average molecular weight is 206 g/mol. The van der Waals surface area contributed by atoms with Crippen molar-refractivity contribution >= 4 is 5.69 Å². The Balaban J connectivity index is 2.11. The molecule has 1 aliphatic rings. The Bertz CT molecular complexity index is 332. The van der Waals surface area contributed by atoms with E-state index in [9.17, 15) is 0 Å². The fraction of sp³-hybridized carbons (Fsp3) is 0.500. The number of nitrogens with one attached hydrogen (secondary N) is 1. The predicted octanol–water partition coefficient (Wildman–Crippen LogP) is 1.43. The minimum absolute atomic E-state index is 0.722. The van der Waals surface area contributed by atoms with Gasteiger partial charge < -0.3 is 15.8 Å². The van der Waals surface area contributed by atoms with Gasteiger partial charge in [-0.1, -0.05) is 0 Å². The number of hydrogen-bond donors (Lipinski definition) is 2. The topological polar surface area (TPSA) is 47.3 Å². The summed E-state index contributed by atoms with van der Waals surface area (Å²) in [6.07, 6.45) is 2.30. The first-order valence-electron chi connectivity index (χ1n) is 5.42. The molecule has 82 valence electrons. The first-order chi connectivity index (χ1) is 7.29. The van der Waals surface area contributed by atoms with E-state index in [-0.39, 0.29) is 0 Å². The molecule has 3 N–H and O–H groups in total. The van der Waals surface area contributed by atoms with E-state index in [0.717, 1.165) is 36.9 Å². The second-order valence-corrected chi connectivity index (χ2v) is 4.13. The van der Waals surface area contributed by atoms with Crippen LogP contribution in [0.4, 0.5) is 5.69 Å². The molecular formula is C12H18N2O. The highest BCUT2D eigenvalue weighted by atomic mass is 16.5. The van der Waals surface area contributed by atoms with Crippen LogP contribution in [-0.2, 0) is 6.42 Å². The molecule has 1 atom stereocenters. The van der Waals surface area contributed by atoms with Crippen molar-refractivity contribution in [3.63, 3.8) is 0 Å². The van der Waals surface area contributed by atoms with Crippen molar-refractivity contribution in [3.05, 3.63) is 23.8 Å². The third kappa shape index (κ3) is 2.42. The van der Waals surface area contributed by atoms with Crippen LogP contribution in [0.15, 0.2) is 18.2 Å². The molecule has 1 aromatic carbocycles. The quantitative estimate of drug-likeness (QED) is 0.735. The minimum Gasteiger partial charge on any atom is -0.497 e. The van der Waals surface area contributed by atoms with Crippen LogP contribution < -0.4 is 15.8 Å². The van der Waals surface area contributed by atoms with Gasteiger partial charge >= 0.3 is 0 Å². The molecule has 1 aliphatic heterocycles. The van der Waals surface area contributed by atoms with Gasteiger partial charge in [0.05, 0.1) is 7.11 Å². The molecule has 1 saturated heterocycles. The molecule has 1 heterocycles. The largest absolute Gasteiger partial charge is 0.497 e. The van der Waals surface area contributed by atoms with E-state index in [4.69, 9.17) is 10.5 Å². The SMILES string of the molecule is COc1ccc(N)c(CC2CCNC2)c1. The van der Waals surface area contributed by atoms with Crippen LogP contribution in [0.25, 0.3) is 0 Å². The zero-order valence-corrected chi connectivity index (χ0v) is 9.12. The molecule has 0 saturated carbocycles. The van der Waals surface area contributed by atoms with Gasteiger partial charge in [-0.05, 0) is 55.6 Å². The maximum atomic E-state index is 5.95. The third-order valence-electron chi connectivity index (χ3n) is 3.02. The summed E-state index contributed by atoms with van der Waals surface area (Å²) in [4.78, 5) is 0.